The Morgan fingerprint density at radius 2 is 2.53 bits per heavy atom. The van der Waals surface area contributed by atoms with Gasteiger partial charge >= 0.3 is 0 Å². The van der Waals surface area contributed by atoms with E-state index < -0.39 is 0 Å². The Bertz CT molecular complexity index is 323. The maximum Gasteiger partial charge on any atom is 0.0772 e. The van der Waals surface area contributed by atoms with Crippen LogP contribution >= 0.6 is 11.8 Å². The molecule has 4 heteroatoms. The lowest BCUT2D eigenvalue weighted by Crippen LogP contribution is -2.32. The summed E-state index contributed by atoms with van der Waals surface area (Å²) in [4.78, 5) is 6.64. The Morgan fingerprint density at radius 3 is 3.20 bits per heavy atom. The number of rotatable bonds is 3. The number of thioether (sulfide) groups is 1. The van der Waals surface area contributed by atoms with E-state index >= 15 is 0 Å². The van der Waals surface area contributed by atoms with E-state index in [2.05, 4.69) is 23.0 Å². The van der Waals surface area contributed by atoms with E-state index in [9.17, 15) is 0 Å². The van der Waals surface area contributed by atoms with Gasteiger partial charge in [0.05, 0.1) is 11.4 Å². The summed E-state index contributed by atoms with van der Waals surface area (Å²) in [5.74, 6) is 2.49. The minimum atomic E-state index is 0.514. The molecule has 1 unspecified atom stereocenters. The molecule has 0 radical (unpaired) electrons. The van der Waals surface area contributed by atoms with Gasteiger partial charge in [-0.2, -0.15) is 11.8 Å². The van der Waals surface area contributed by atoms with E-state index in [-0.39, 0.29) is 0 Å². The van der Waals surface area contributed by atoms with Crippen molar-refractivity contribution >= 4 is 17.4 Å². The lowest BCUT2D eigenvalue weighted by molar-refractivity contribution is 0.694. The Hall–Kier alpha value is -0.740. The van der Waals surface area contributed by atoms with Gasteiger partial charge in [0.2, 0.25) is 0 Å². The normalized spacial score (nSPS) is 20.5. The van der Waals surface area contributed by atoms with E-state index in [0.29, 0.717) is 12.6 Å². The topological polar surface area (TPSA) is 42.2 Å². The van der Waals surface area contributed by atoms with Crippen LogP contribution in [0, 0.1) is 0 Å². The van der Waals surface area contributed by atoms with Gasteiger partial charge in [-0.05, 0) is 24.3 Å². The van der Waals surface area contributed by atoms with Gasteiger partial charge in [-0.15, -0.1) is 0 Å². The van der Waals surface area contributed by atoms with Crippen LogP contribution in [0.2, 0.25) is 0 Å². The van der Waals surface area contributed by atoms with Gasteiger partial charge in [0.25, 0.3) is 0 Å². The predicted molar refractivity (Wildman–Crippen MR) is 66.3 cm³/mol. The van der Waals surface area contributed by atoms with E-state index in [4.69, 9.17) is 5.73 Å². The molecule has 1 aromatic rings. The first-order chi connectivity index (χ1) is 7.33. The summed E-state index contributed by atoms with van der Waals surface area (Å²) in [6, 6.07) is 4.73. The first-order valence-corrected chi connectivity index (χ1v) is 6.43. The minimum absolute atomic E-state index is 0.514. The zero-order chi connectivity index (χ0) is 10.7. The van der Waals surface area contributed by atoms with E-state index in [1.165, 1.54) is 23.6 Å². The van der Waals surface area contributed by atoms with Crippen molar-refractivity contribution in [3.8, 4) is 0 Å². The first kappa shape index (κ1) is 10.8. The zero-order valence-electron chi connectivity index (χ0n) is 9.02. The van der Waals surface area contributed by atoms with Crippen LogP contribution in [0.25, 0.3) is 0 Å². The Kier molecular flexibility index (Phi) is 3.49. The van der Waals surface area contributed by atoms with Gasteiger partial charge in [0.15, 0.2) is 0 Å². The Labute approximate surface area is 95.1 Å². The monoisotopic (exact) mass is 223 g/mol. The van der Waals surface area contributed by atoms with Crippen molar-refractivity contribution in [2.45, 2.75) is 19.0 Å². The molecule has 2 heterocycles. The molecule has 1 aliphatic rings. The highest BCUT2D eigenvalue weighted by molar-refractivity contribution is 7.99. The quantitative estimate of drug-likeness (QED) is 0.843. The van der Waals surface area contributed by atoms with Gasteiger partial charge in [0, 0.05) is 31.6 Å². The van der Waals surface area contributed by atoms with Crippen molar-refractivity contribution in [1.82, 2.24) is 4.98 Å². The van der Waals surface area contributed by atoms with Crippen molar-refractivity contribution in [1.29, 1.82) is 0 Å². The Balaban J connectivity index is 2.19. The van der Waals surface area contributed by atoms with Gasteiger partial charge in [-0.1, -0.05) is 0 Å². The molecule has 0 bridgehead atoms. The van der Waals surface area contributed by atoms with Crippen LogP contribution in [0.3, 0.4) is 0 Å². The second-order valence-corrected chi connectivity index (χ2v) is 4.95. The molecule has 1 saturated heterocycles. The fraction of sp³-hybridized carbons (Fsp3) is 0.545. The fourth-order valence-corrected chi connectivity index (χ4v) is 3.20. The molecule has 15 heavy (non-hydrogen) atoms. The van der Waals surface area contributed by atoms with Gasteiger partial charge in [0.1, 0.15) is 0 Å². The zero-order valence-corrected chi connectivity index (χ0v) is 9.83. The van der Waals surface area contributed by atoms with Gasteiger partial charge < -0.3 is 10.6 Å². The third-order valence-electron chi connectivity index (χ3n) is 2.89. The summed E-state index contributed by atoms with van der Waals surface area (Å²) in [5.41, 5.74) is 7.88. The molecule has 2 rings (SSSR count). The molecular weight excluding hydrogens is 206 g/mol. The molecule has 1 atom stereocenters. The number of nitrogens with zero attached hydrogens (tertiary/aromatic N) is 2. The standard InChI is InChI=1S/C11H17N3S/c1-14(9-4-6-15-8-9)11-3-2-5-13-10(11)7-12/h2-3,5,9H,4,6-8,12H2,1H3. The third-order valence-corrected chi connectivity index (χ3v) is 4.04. The maximum atomic E-state index is 5.69. The molecule has 1 aliphatic heterocycles. The fourth-order valence-electron chi connectivity index (χ4n) is 1.93. The summed E-state index contributed by atoms with van der Waals surface area (Å²) >= 11 is 2.03. The summed E-state index contributed by atoms with van der Waals surface area (Å²) in [6.07, 6.45) is 3.07. The number of pyridine rings is 1. The molecule has 0 spiro atoms. The molecule has 2 N–H and O–H groups in total. The summed E-state index contributed by atoms with van der Waals surface area (Å²) in [7, 11) is 2.15. The summed E-state index contributed by atoms with van der Waals surface area (Å²) < 4.78 is 0. The smallest absolute Gasteiger partial charge is 0.0772 e. The molecule has 1 aromatic heterocycles. The minimum Gasteiger partial charge on any atom is -0.369 e. The van der Waals surface area contributed by atoms with Crippen molar-refractivity contribution in [2.75, 3.05) is 23.5 Å². The average Bonchev–Trinajstić information content (AvgIpc) is 2.81. The lowest BCUT2D eigenvalue weighted by atomic mass is 10.2. The van der Waals surface area contributed by atoms with E-state index in [1.54, 1.807) is 0 Å². The van der Waals surface area contributed by atoms with Crippen LogP contribution < -0.4 is 10.6 Å². The highest BCUT2D eigenvalue weighted by atomic mass is 32.2. The Morgan fingerprint density at radius 1 is 1.67 bits per heavy atom. The van der Waals surface area contributed by atoms with Crippen molar-refractivity contribution < 1.29 is 0 Å². The largest absolute Gasteiger partial charge is 0.369 e. The second-order valence-electron chi connectivity index (χ2n) is 3.80. The molecule has 0 amide bonds. The molecule has 0 aromatic carbocycles. The van der Waals surface area contributed by atoms with Crippen molar-refractivity contribution in [2.24, 2.45) is 5.73 Å². The summed E-state index contributed by atoms with van der Waals surface area (Å²) in [5, 5.41) is 0. The van der Waals surface area contributed by atoms with Crippen LogP contribution in [0.1, 0.15) is 12.1 Å². The van der Waals surface area contributed by atoms with Gasteiger partial charge in [-0.25, -0.2) is 0 Å². The summed E-state index contributed by atoms with van der Waals surface area (Å²) in [6.45, 7) is 0.514. The number of hydrogen-bond donors (Lipinski definition) is 1. The number of nitrogens with two attached hydrogens (primary N) is 1. The highest BCUT2D eigenvalue weighted by Crippen LogP contribution is 2.27. The predicted octanol–water partition coefficient (Wildman–Crippen LogP) is 1.48. The molecule has 0 saturated carbocycles. The van der Waals surface area contributed by atoms with Crippen molar-refractivity contribution in [3.05, 3.63) is 24.0 Å². The second kappa shape index (κ2) is 4.86. The lowest BCUT2D eigenvalue weighted by Gasteiger charge is -2.27. The molecule has 0 aliphatic carbocycles. The van der Waals surface area contributed by atoms with Crippen LogP contribution in [0.15, 0.2) is 18.3 Å². The SMILES string of the molecule is CN(c1cccnc1CN)C1CCSC1. The number of aromatic nitrogens is 1. The molecular formula is C11H17N3S. The van der Waals surface area contributed by atoms with E-state index in [0.717, 1.165) is 5.69 Å². The first-order valence-electron chi connectivity index (χ1n) is 5.27. The molecule has 3 nitrogen and oxygen atoms in total. The highest BCUT2D eigenvalue weighted by Gasteiger charge is 2.21. The average molecular weight is 223 g/mol. The number of anilines is 1. The van der Waals surface area contributed by atoms with Crippen LogP contribution in [-0.4, -0.2) is 29.6 Å². The molecule has 1 fully saturated rings. The maximum absolute atomic E-state index is 5.69. The third kappa shape index (κ3) is 2.26. The van der Waals surface area contributed by atoms with Crippen LogP contribution in [0.5, 0.6) is 0 Å². The van der Waals surface area contributed by atoms with Crippen molar-refractivity contribution in [3.63, 3.8) is 0 Å². The van der Waals surface area contributed by atoms with Gasteiger partial charge in [-0.3, -0.25) is 4.98 Å². The van der Waals surface area contributed by atoms with Crippen LogP contribution in [0.4, 0.5) is 5.69 Å². The molecule has 82 valence electrons. The van der Waals surface area contributed by atoms with E-state index in [1.807, 2.05) is 24.0 Å². The number of hydrogen-bond acceptors (Lipinski definition) is 4. The van der Waals surface area contributed by atoms with Crippen LogP contribution in [-0.2, 0) is 6.54 Å².